The normalized spacial score (nSPS) is 31.8. The molecule has 0 aliphatic carbocycles. The van der Waals surface area contributed by atoms with Crippen molar-refractivity contribution in [1.82, 2.24) is 19.5 Å². The second kappa shape index (κ2) is 8.77. The van der Waals surface area contributed by atoms with E-state index in [1.54, 1.807) is 10.9 Å². The fourth-order valence-corrected chi connectivity index (χ4v) is 4.63. The molecule has 29 heavy (non-hydrogen) atoms. The Morgan fingerprint density at radius 3 is 2.93 bits per heavy atom. The van der Waals surface area contributed by atoms with Crippen molar-refractivity contribution in [3.8, 4) is 0 Å². The van der Waals surface area contributed by atoms with E-state index < -0.39 is 32.4 Å². The summed E-state index contributed by atoms with van der Waals surface area (Å²) in [6, 6.07) is 0. The zero-order valence-electron chi connectivity index (χ0n) is 15.9. The first-order chi connectivity index (χ1) is 14.0. The van der Waals surface area contributed by atoms with Crippen molar-refractivity contribution in [3.63, 3.8) is 0 Å². The Morgan fingerprint density at radius 2 is 2.10 bits per heavy atom. The quantitative estimate of drug-likeness (QED) is 0.265. The third-order valence-electron chi connectivity index (χ3n) is 5.06. The first kappa shape index (κ1) is 20.9. The van der Waals surface area contributed by atoms with Gasteiger partial charge < -0.3 is 20.9 Å². The monoisotopic (exact) mass is 423 g/mol. The van der Waals surface area contributed by atoms with E-state index >= 15 is 0 Å². The van der Waals surface area contributed by atoms with Crippen molar-refractivity contribution in [2.45, 2.75) is 50.2 Å². The maximum absolute atomic E-state index is 10.7. The summed E-state index contributed by atoms with van der Waals surface area (Å²) >= 11 is 0. The Bertz CT molecular complexity index is 841. The number of imidazole rings is 1. The predicted molar refractivity (Wildman–Crippen MR) is 107 cm³/mol. The topological polar surface area (TPSA) is 150 Å². The van der Waals surface area contributed by atoms with Crippen LogP contribution in [0.3, 0.4) is 0 Å². The maximum atomic E-state index is 10.7. The van der Waals surface area contributed by atoms with Crippen LogP contribution < -0.4 is 11.1 Å². The van der Waals surface area contributed by atoms with Crippen LogP contribution in [0.15, 0.2) is 12.7 Å². The Labute approximate surface area is 169 Å². The smallest absolute Gasteiger partial charge is 0.385 e. The Morgan fingerprint density at radius 1 is 1.28 bits per heavy atom. The van der Waals surface area contributed by atoms with E-state index in [4.69, 9.17) is 27.1 Å². The van der Waals surface area contributed by atoms with Gasteiger partial charge in [0.05, 0.1) is 6.33 Å². The average Bonchev–Trinajstić information content (AvgIpc) is 3.26. The van der Waals surface area contributed by atoms with Gasteiger partial charge in [-0.1, -0.05) is 12.8 Å². The van der Waals surface area contributed by atoms with Crippen molar-refractivity contribution in [2.75, 3.05) is 25.0 Å². The minimum atomic E-state index is -3.43. The molecular formula is C16H25BN6O5P+. The molecule has 2 aromatic heterocycles. The van der Waals surface area contributed by atoms with Crippen LogP contribution in [-0.2, 0) is 13.8 Å². The molecule has 5 N–H and O–H groups in total. The van der Waals surface area contributed by atoms with Gasteiger partial charge in [-0.25, -0.2) is 19.8 Å². The van der Waals surface area contributed by atoms with Crippen LogP contribution >= 0.6 is 7.82 Å². The summed E-state index contributed by atoms with van der Waals surface area (Å²) in [4.78, 5) is 22.8. The van der Waals surface area contributed by atoms with Crippen molar-refractivity contribution in [3.05, 3.63) is 12.7 Å². The molecule has 0 amide bonds. The highest BCUT2D eigenvalue weighted by atomic mass is 31.2. The van der Waals surface area contributed by atoms with Gasteiger partial charge >= 0.3 is 15.4 Å². The van der Waals surface area contributed by atoms with E-state index in [9.17, 15) is 10.00 Å². The van der Waals surface area contributed by atoms with Crippen molar-refractivity contribution >= 4 is 32.4 Å². The summed E-state index contributed by atoms with van der Waals surface area (Å²) in [5, 5.41) is 14.0. The number of anilines is 1. The lowest BCUT2D eigenvalue weighted by molar-refractivity contribution is -0.0603. The SMILES string of the molecule is [B][P+]1(O)OC[C@H]2O[C@@H](n3cnc4c(NCCCCCCN)ncnc43)[C@@H](O)C2O1. The molecule has 11 nitrogen and oxygen atoms in total. The molecule has 0 aromatic carbocycles. The van der Waals surface area contributed by atoms with Crippen molar-refractivity contribution in [2.24, 2.45) is 5.73 Å². The third kappa shape index (κ3) is 4.39. The molecular weight excluding hydrogens is 398 g/mol. The number of aromatic nitrogens is 4. The van der Waals surface area contributed by atoms with Crippen LogP contribution in [0.4, 0.5) is 5.82 Å². The highest BCUT2D eigenvalue weighted by molar-refractivity contribution is 7.85. The van der Waals surface area contributed by atoms with Gasteiger partial charge in [-0.05, 0) is 19.4 Å². The van der Waals surface area contributed by atoms with Crippen LogP contribution in [0.2, 0.25) is 0 Å². The van der Waals surface area contributed by atoms with Crippen LogP contribution in [0, 0.1) is 0 Å². The number of fused-ring (bicyclic) bond motifs is 2. The molecule has 0 bridgehead atoms. The zero-order valence-corrected chi connectivity index (χ0v) is 16.8. The number of unbranched alkanes of at least 4 members (excludes halogenated alkanes) is 3. The lowest BCUT2D eigenvalue weighted by Crippen LogP contribution is -2.40. The third-order valence-corrected chi connectivity index (χ3v) is 6.13. The van der Waals surface area contributed by atoms with Gasteiger partial charge in [-0.3, -0.25) is 4.57 Å². The fraction of sp³-hybridized carbons (Fsp3) is 0.688. The van der Waals surface area contributed by atoms with Gasteiger partial charge in [0.2, 0.25) is 0 Å². The average molecular weight is 423 g/mol. The molecule has 0 saturated carbocycles. The van der Waals surface area contributed by atoms with Crippen molar-refractivity contribution < 1.29 is 23.8 Å². The summed E-state index contributed by atoms with van der Waals surface area (Å²) in [5.74, 6) is 0.624. The molecule has 4 rings (SSSR count). The number of hydrogen-bond acceptors (Lipinski definition) is 10. The van der Waals surface area contributed by atoms with E-state index in [2.05, 4.69) is 20.3 Å². The lowest BCUT2D eigenvalue weighted by atomic mass is 10.1. The molecule has 13 heteroatoms. The standard InChI is InChI=1S/C16H25BN6O5P/c17-29(25)26-7-10-13(28-29)12(24)16(27-10)23-9-22-11-14(20-8-21-15(11)23)19-6-4-2-1-3-5-18/h8-10,12-13,16,24-25H,1-7,18H2,(H,19,20,21)/q+1/t10-,12+,13?,16-,29?/m1/s1. The van der Waals surface area contributed by atoms with Gasteiger partial charge in [-0.2, -0.15) is 9.05 Å². The van der Waals surface area contributed by atoms with Crippen molar-refractivity contribution in [1.29, 1.82) is 0 Å². The van der Waals surface area contributed by atoms with Gasteiger partial charge in [-0.15, -0.1) is 0 Å². The summed E-state index contributed by atoms with van der Waals surface area (Å²) in [6.07, 6.45) is 4.02. The van der Waals surface area contributed by atoms with E-state index in [1.807, 2.05) is 0 Å². The summed E-state index contributed by atoms with van der Waals surface area (Å²) < 4.78 is 17.9. The van der Waals surface area contributed by atoms with Gasteiger partial charge in [0.25, 0.3) is 0 Å². The second-order valence-corrected chi connectivity index (χ2v) is 8.76. The molecule has 4 heterocycles. The first-order valence-electron chi connectivity index (χ1n) is 9.68. The Hall–Kier alpha value is -1.40. The fourth-order valence-electron chi connectivity index (χ4n) is 3.60. The van der Waals surface area contributed by atoms with Crippen LogP contribution in [0.5, 0.6) is 0 Å². The molecule has 0 spiro atoms. The van der Waals surface area contributed by atoms with Crippen LogP contribution in [0.25, 0.3) is 11.2 Å². The summed E-state index contributed by atoms with van der Waals surface area (Å²) in [7, 11) is 2.12. The van der Waals surface area contributed by atoms with E-state index in [0.717, 1.165) is 38.8 Å². The van der Waals surface area contributed by atoms with E-state index in [1.165, 1.54) is 6.33 Å². The van der Waals surface area contributed by atoms with Gasteiger partial charge in [0, 0.05) is 6.54 Å². The molecule has 2 aliphatic heterocycles. The molecule has 2 radical (unpaired) electrons. The number of aliphatic hydroxyl groups is 1. The number of nitrogens with one attached hydrogen (secondary N) is 1. The largest absolute Gasteiger partial charge is 0.488 e. The van der Waals surface area contributed by atoms with Gasteiger partial charge in [0.15, 0.2) is 29.3 Å². The van der Waals surface area contributed by atoms with Crippen LogP contribution in [-0.4, -0.2) is 75.1 Å². The zero-order chi connectivity index (χ0) is 20.4. The number of aliphatic hydroxyl groups excluding tert-OH is 1. The number of rotatable bonds is 8. The lowest BCUT2D eigenvalue weighted by Gasteiger charge is -2.27. The number of nitrogens with zero attached hydrogens (tertiary/aromatic N) is 4. The molecule has 2 aliphatic rings. The van der Waals surface area contributed by atoms with E-state index in [0.29, 0.717) is 17.0 Å². The molecule has 2 saturated heterocycles. The molecule has 5 atom stereocenters. The Balaban J connectivity index is 1.47. The van der Waals surface area contributed by atoms with Crippen LogP contribution in [0.1, 0.15) is 31.9 Å². The first-order valence-corrected chi connectivity index (χ1v) is 11.3. The minimum Gasteiger partial charge on any atom is -0.385 e. The molecule has 2 unspecified atom stereocenters. The number of hydrogen-bond donors (Lipinski definition) is 4. The highest BCUT2D eigenvalue weighted by Crippen LogP contribution is 2.58. The Kier molecular flexibility index (Phi) is 6.31. The molecule has 2 fully saturated rings. The molecule has 156 valence electrons. The number of ether oxygens (including phenoxy) is 1. The molecule has 2 aromatic rings. The highest BCUT2D eigenvalue weighted by Gasteiger charge is 2.56. The van der Waals surface area contributed by atoms with E-state index in [-0.39, 0.29) is 6.61 Å². The summed E-state index contributed by atoms with van der Waals surface area (Å²) in [6.45, 7) is 1.52. The van der Waals surface area contributed by atoms with Gasteiger partial charge in [0.1, 0.15) is 25.1 Å². The predicted octanol–water partition coefficient (Wildman–Crippen LogP) is 0.269. The second-order valence-electron chi connectivity index (χ2n) is 7.16. The summed E-state index contributed by atoms with van der Waals surface area (Å²) in [5.41, 5.74) is 6.61. The number of nitrogens with two attached hydrogens (primary N) is 1. The minimum absolute atomic E-state index is 0.0393. The maximum Gasteiger partial charge on any atom is 0.488 e.